The molecule has 0 saturated heterocycles. The summed E-state index contributed by atoms with van der Waals surface area (Å²) in [5, 5.41) is 39.4. The van der Waals surface area contributed by atoms with Gasteiger partial charge >= 0.3 is 11.9 Å². The highest BCUT2D eigenvalue weighted by Gasteiger charge is 2.55. The van der Waals surface area contributed by atoms with Gasteiger partial charge in [-0.05, 0) is 78.9 Å². The average Bonchev–Trinajstić information content (AvgIpc) is 3.54. The Morgan fingerprint density at radius 3 is 1.23 bits per heavy atom. The third kappa shape index (κ3) is 4.21. The van der Waals surface area contributed by atoms with Gasteiger partial charge in [0.1, 0.15) is 46.0 Å². The van der Waals surface area contributed by atoms with Crippen LogP contribution in [0, 0.1) is 0 Å². The molecule has 0 aliphatic carbocycles. The molecule has 6 aromatic carbocycles. The Hall–Kier alpha value is -7.34. The van der Waals surface area contributed by atoms with Crippen molar-refractivity contribution in [3.05, 3.63) is 154 Å². The maximum atomic E-state index is 12.6. The smallest absolute Gasteiger partial charge is 0.340 e. The lowest BCUT2D eigenvalue weighted by Crippen LogP contribution is -2.33. The van der Waals surface area contributed by atoms with Crippen LogP contribution in [0.1, 0.15) is 54.1 Å². The highest BCUT2D eigenvalue weighted by Crippen LogP contribution is 2.58. The van der Waals surface area contributed by atoms with Crippen molar-refractivity contribution >= 4 is 23.3 Å². The Balaban J connectivity index is 0.000000138. The summed E-state index contributed by atoms with van der Waals surface area (Å²) in [6, 6.07) is 28.5. The quantitative estimate of drug-likeness (QED) is 0.0745. The Labute approximate surface area is 294 Å². The second-order valence-electron chi connectivity index (χ2n) is 12.7. The van der Waals surface area contributed by atoms with Gasteiger partial charge in [0.2, 0.25) is 0 Å². The summed E-state index contributed by atoms with van der Waals surface area (Å²) in [6.07, 6.45) is 0. The fraction of sp³-hybridized carbons (Fsp3) is 0.0500. The zero-order valence-electron chi connectivity index (χ0n) is 26.8. The third-order valence-corrected chi connectivity index (χ3v) is 9.60. The molecule has 0 aromatic heterocycles. The van der Waals surface area contributed by atoms with Crippen molar-refractivity contribution in [3.8, 4) is 46.0 Å². The molecule has 6 aromatic rings. The maximum Gasteiger partial charge on any atom is 0.340 e. The van der Waals surface area contributed by atoms with Crippen LogP contribution in [0.25, 0.3) is 0 Å². The highest BCUT2D eigenvalue weighted by atomic mass is 16.6. The lowest BCUT2D eigenvalue weighted by atomic mass is 9.77. The molecule has 12 nitrogen and oxygen atoms in total. The number of carbonyl (C=O) groups excluding carboxylic acids is 2. The summed E-state index contributed by atoms with van der Waals surface area (Å²) in [7, 11) is 0. The second-order valence-corrected chi connectivity index (χ2v) is 12.7. The van der Waals surface area contributed by atoms with Crippen LogP contribution in [0.2, 0.25) is 0 Å². The normalized spacial score (nSPS) is 15.6. The molecule has 8 N–H and O–H groups in total. The number of ether oxygens (including phenoxy) is 4. The van der Waals surface area contributed by atoms with Crippen molar-refractivity contribution < 1.29 is 49.0 Å². The van der Waals surface area contributed by atoms with Crippen LogP contribution >= 0.6 is 0 Å². The minimum absolute atomic E-state index is 0.0135. The number of esters is 2. The fourth-order valence-electron chi connectivity index (χ4n) is 7.44. The molecule has 0 fully saturated rings. The predicted molar refractivity (Wildman–Crippen MR) is 185 cm³/mol. The van der Waals surface area contributed by atoms with Crippen LogP contribution in [0.4, 0.5) is 11.4 Å². The topological polar surface area (TPSA) is 204 Å². The number of nitrogen functional groups attached to an aromatic ring is 2. The van der Waals surface area contributed by atoms with Gasteiger partial charge in [0, 0.05) is 69.0 Å². The number of fused-ring (bicyclic) bond motifs is 12. The van der Waals surface area contributed by atoms with E-state index in [-0.39, 0.29) is 23.0 Å². The van der Waals surface area contributed by atoms with Crippen molar-refractivity contribution in [2.24, 2.45) is 0 Å². The van der Waals surface area contributed by atoms with E-state index in [2.05, 4.69) is 0 Å². The molecule has 0 amide bonds. The Morgan fingerprint density at radius 2 is 0.769 bits per heavy atom. The third-order valence-electron chi connectivity index (χ3n) is 9.60. The van der Waals surface area contributed by atoms with E-state index >= 15 is 0 Å². The first-order valence-electron chi connectivity index (χ1n) is 15.9. The highest BCUT2D eigenvalue weighted by molar-refractivity contribution is 5.98. The summed E-state index contributed by atoms with van der Waals surface area (Å²) in [5.41, 5.74) is 14.6. The van der Waals surface area contributed by atoms with Crippen LogP contribution in [-0.2, 0) is 20.7 Å². The van der Waals surface area contributed by atoms with Crippen LogP contribution in [0.15, 0.2) is 109 Å². The first kappa shape index (κ1) is 30.7. The van der Waals surface area contributed by atoms with E-state index in [4.69, 9.17) is 30.4 Å². The van der Waals surface area contributed by atoms with Gasteiger partial charge in [-0.2, -0.15) is 0 Å². The number of hydrogen-bond acceptors (Lipinski definition) is 12. The molecule has 4 heterocycles. The number of anilines is 2. The van der Waals surface area contributed by atoms with E-state index in [1.165, 1.54) is 48.5 Å². The summed E-state index contributed by atoms with van der Waals surface area (Å²) in [6.45, 7) is 0. The maximum absolute atomic E-state index is 12.6. The van der Waals surface area contributed by atoms with E-state index < -0.39 is 23.1 Å². The molecular weight excluding hydrogens is 668 g/mol. The zero-order chi connectivity index (χ0) is 36.1. The van der Waals surface area contributed by atoms with Gasteiger partial charge in [0.25, 0.3) is 0 Å². The second kappa shape index (κ2) is 10.6. The Kier molecular flexibility index (Phi) is 6.25. The number of benzene rings is 6. The van der Waals surface area contributed by atoms with Crippen molar-refractivity contribution in [1.29, 1.82) is 0 Å². The number of hydrogen-bond donors (Lipinski definition) is 6. The number of rotatable bonds is 0. The molecule has 4 aliphatic heterocycles. The molecule has 0 unspecified atom stereocenters. The minimum atomic E-state index is -1.26. The molecule has 52 heavy (non-hydrogen) atoms. The van der Waals surface area contributed by atoms with E-state index in [1.54, 1.807) is 60.7 Å². The Bertz CT molecular complexity index is 2460. The lowest BCUT2D eigenvalue weighted by Gasteiger charge is -2.36. The van der Waals surface area contributed by atoms with E-state index in [0.717, 1.165) is 0 Å². The molecule has 12 heteroatoms. The van der Waals surface area contributed by atoms with Crippen molar-refractivity contribution in [1.82, 2.24) is 0 Å². The molecular formula is C40H26N2O10. The van der Waals surface area contributed by atoms with Crippen LogP contribution in [-0.4, -0.2) is 32.4 Å². The van der Waals surface area contributed by atoms with E-state index in [1.807, 2.05) is 0 Å². The number of phenols is 4. The molecule has 0 saturated carbocycles. The fourth-order valence-corrected chi connectivity index (χ4v) is 7.44. The minimum Gasteiger partial charge on any atom is -0.508 e. The zero-order valence-corrected chi connectivity index (χ0v) is 26.8. The van der Waals surface area contributed by atoms with Gasteiger partial charge in [0.05, 0.1) is 11.1 Å². The molecule has 0 atom stereocenters. The number of carbonyl (C=O) groups is 2. The van der Waals surface area contributed by atoms with Crippen LogP contribution in [0.5, 0.6) is 46.0 Å². The van der Waals surface area contributed by atoms with Gasteiger partial charge < -0.3 is 50.8 Å². The van der Waals surface area contributed by atoms with E-state index in [9.17, 15) is 30.0 Å². The number of nitrogens with two attached hydrogens (primary N) is 2. The summed E-state index contributed by atoms with van der Waals surface area (Å²) >= 11 is 0. The van der Waals surface area contributed by atoms with E-state index in [0.29, 0.717) is 78.9 Å². The van der Waals surface area contributed by atoms with Crippen LogP contribution in [0.3, 0.4) is 0 Å². The van der Waals surface area contributed by atoms with Gasteiger partial charge in [0.15, 0.2) is 11.2 Å². The molecule has 256 valence electrons. The Morgan fingerprint density at radius 1 is 0.404 bits per heavy atom. The number of aromatic hydroxyl groups is 4. The molecule has 0 radical (unpaired) electrons. The van der Waals surface area contributed by atoms with Crippen molar-refractivity contribution in [3.63, 3.8) is 0 Å². The molecule has 10 rings (SSSR count). The van der Waals surface area contributed by atoms with Crippen LogP contribution < -0.4 is 20.9 Å². The van der Waals surface area contributed by atoms with Gasteiger partial charge in [-0.1, -0.05) is 6.07 Å². The summed E-state index contributed by atoms with van der Waals surface area (Å²) in [4.78, 5) is 25.2. The average molecular weight is 695 g/mol. The first-order chi connectivity index (χ1) is 25.0. The monoisotopic (exact) mass is 694 g/mol. The summed E-state index contributed by atoms with van der Waals surface area (Å²) in [5.74, 6) is 0.471. The summed E-state index contributed by atoms with van der Waals surface area (Å²) < 4.78 is 23.5. The standard InChI is InChI=1S/2C20H13NO5/c21-10-1-4-14-13(7-10)19(24)26-20(14)15-5-2-11(22)8-17(15)25-18-9-12(23)3-6-16(18)20;21-10-1-4-13-16(7-10)20(26-19(13)24)14-5-2-11(22)8-17(14)25-18-9-12(23)3-6-15(18)20/h2*1-9,22-23H,21H2. The van der Waals surface area contributed by atoms with Crippen molar-refractivity contribution in [2.75, 3.05) is 11.5 Å². The SMILES string of the molecule is Nc1ccc2c(c1)C(=O)OC21c2ccc(O)cc2Oc2cc(O)ccc21.Nc1ccc2c(c1)C1(OC2=O)c2ccc(O)cc2Oc2cc(O)ccc21. The first-order valence-corrected chi connectivity index (χ1v) is 15.9. The largest absolute Gasteiger partial charge is 0.508 e. The number of phenolic OH excluding ortho intramolecular Hbond substituents is 4. The van der Waals surface area contributed by atoms with Gasteiger partial charge in [-0.3, -0.25) is 0 Å². The predicted octanol–water partition coefficient (Wildman–Crippen LogP) is 6.50. The molecule has 0 bridgehead atoms. The van der Waals surface area contributed by atoms with Crippen molar-refractivity contribution in [2.45, 2.75) is 11.2 Å². The molecule has 4 aliphatic rings. The van der Waals surface area contributed by atoms with Gasteiger partial charge in [-0.15, -0.1) is 0 Å². The lowest BCUT2D eigenvalue weighted by molar-refractivity contribution is 0.0214. The van der Waals surface area contributed by atoms with Gasteiger partial charge in [-0.25, -0.2) is 9.59 Å². The molecule has 2 spiro atoms.